The Balaban J connectivity index is 3.20. The predicted octanol–water partition coefficient (Wildman–Crippen LogP) is 3.38. The quantitative estimate of drug-likeness (QED) is 0.733. The molecule has 0 spiro atoms. The van der Waals surface area contributed by atoms with Gasteiger partial charge in [0, 0.05) is 6.07 Å². The molecule has 0 saturated carbocycles. The molecule has 0 bridgehead atoms. The zero-order valence-electron chi connectivity index (χ0n) is 6.77. The molecular weight excluding hydrogens is 345 g/mol. The molecule has 80 valence electrons. The lowest BCUT2D eigenvalue weighted by Crippen LogP contribution is -2.17. The largest absolute Gasteiger partial charge is 0.573 e. The van der Waals surface area contributed by atoms with Crippen molar-refractivity contribution in [2.75, 3.05) is 0 Å². The van der Waals surface area contributed by atoms with E-state index in [1.54, 1.807) is 6.07 Å². The van der Waals surface area contributed by atoms with Crippen LogP contribution in [0.5, 0.6) is 5.75 Å². The van der Waals surface area contributed by atoms with Gasteiger partial charge >= 0.3 is 6.36 Å². The van der Waals surface area contributed by atoms with E-state index in [-0.39, 0.29) is 14.8 Å². The zero-order chi connectivity index (χ0) is 11.6. The zero-order valence-corrected chi connectivity index (χ0v) is 9.94. The molecule has 3 nitrogen and oxygen atoms in total. The average molecular weight is 346 g/mol. The Morgan fingerprint density at radius 1 is 1.40 bits per heavy atom. The summed E-state index contributed by atoms with van der Waals surface area (Å²) in [5.41, 5.74) is -0.191. The number of rotatable bonds is 1. The molecule has 0 radical (unpaired) electrons. The summed E-state index contributed by atoms with van der Waals surface area (Å²) in [6.45, 7) is 0. The van der Waals surface area contributed by atoms with E-state index in [1.165, 1.54) is 0 Å². The first-order valence-corrected chi connectivity index (χ1v) is 4.94. The topological polar surface area (TPSA) is 45.9 Å². The van der Waals surface area contributed by atoms with E-state index >= 15 is 0 Å². The summed E-state index contributed by atoms with van der Waals surface area (Å²) in [6, 6.07) is 2.64. The molecule has 8 heteroatoms. The molecule has 15 heavy (non-hydrogen) atoms. The van der Waals surface area contributed by atoms with Crippen molar-refractivity contribution in [3.05, 3.63) is 20.8 Å². The summed E-state index contributed by atoms with van der Waals surface area (Å²) in [6.07, 6.45) is -4.81. The fraction of sp³-hybridized carbons (Fsp3) is 0.143. The smallest absolute Gasteiger partial charge is 0.404 e. The lowest BCUT2D eigenvalue weighted by molar-refractivity contribution is -0.274. The van der Waals surface area contributed by atoms with Crippen molar-refractivity contribution in [3.8, 4) is 11.8 Å². The minimum absolute atomic E-state index is 0.0847. The van der Waals surface area contributed by atoms with Crippen LogP contribution in [0.2, 0.25) is 0 Å². The van der Waals surface area contributed by atoms with E-state index in [0.29, 0.717) is 0 Å². The molecule has 1 aromatic heterocycles. The molecule has 0 saturated heterocycles. The van der Waals surface area contributed by atoms with Gasteiger partial charge in [0.05, 0.1) is 4.47 Å². The van der Waals surface area contributed by atoms with Crippen molar-refractivity contribution in [2.24, 2.45) is 0 Å². The fourth-order valence-electron chi connectivity index (χ4n) is 0.749. The van der Waals surface area contributed by atoms with E-state index in [2.05, 4.69) is 41.6 Å². The summed E-state index contributed by atoms with van der Waals surface area (Å²) in [5, 5.41) is 8.57. The van der Waals surface area contributed by atoms with Crippen molar-refractivity contribution in [1.82, 2.24) is 4.98 Å². The number of alkyl halides is 3. The minimum atomic E-state index is -4.81. The summed E-state index contributed by atoms with van der Waals surface area (Å²) in [5.74, 6) is -0.513. The van der Waals surface area contributed by atoms with Gasteiger partial charge in [-0.1, -0.05) is 0 Å². The Morgan fingerprint density at radius 3 is 2.47 bits per heavy atom. The SMILES string of the molecule is N#Cc1nc(Br)cc(OC(F)(F)F)c1Br. The fourth-order valence-corrected chi connectivity index (χ4v) is 1.51. The molecule has 0 aromatic carbocycles. The second-order valence-corrected chi connectivity index (χ2v) is 3.87. The Kier molecular flexibility index (Phi) is 3.57. The second-order valence-electron chi connectivity index (χ2n) is 2.27. The number of ether oxygens (including phenoxy) is 1. The average Bonchev–Trinajstić information content (AvgIpc) is 2.08. The maximum atomic E-state index is 11.9. The van der Waals surface area contributed by atoms with Crippen LogP contribution < -0.4 is 4.74 Å². The molecule has 0 aliphatic heterocycles. The number of pyridine rings is 1. The molecule has 0 atom stereocenters. The van der Waals surface area contributed by atoms with Crippen molar-refractivity contribution < 1.29 is 17.9 Å². The van der Waals surface area contributed by atoms with Gasteiger partial charge in [0.15, 0.2) is 5.69 Å². The predicted molar refractivity (Wildman–Crippen MR) is 51.0 cm³/mol. The maximum absolute atomic E-state index is 11.9. The molecule has 0 aliphatic rings. The maximum Gasteiger partial charge on any atom is 0.573 e. The number of nitrogens with zero attached hydrogens (tertiary/aromatic N) is 2. The van der Waals surface area contributed by atoms with Gasteiger partial charge < -0.3 is 4.74 Å². The van der Waals surface area contributed by atoms with Crippen LogP contribution in [0.15, 0.2) is 15.1 Å². The van der Waals surface area contributed by atoms with Crippen LogP contribution in [0.4, 0.5) is 13.2 Å². The van der Waals surface area contributed by atoms with Crippen LogP contribution in [0.3, 0.4) is 0 Å². The van der Waals surface area contributed by atoms with E-state index in [1.807, 2.05) is 0 Å². The highest BCUT2D eigenvalue weighted by molar-refractivity contribution is 9.11. The Hall–Kier alpha value is -0.810. The van der Waals surface area contributed by atoms with E-state index in [9.17, 15) is 13.2 Å². The third kappa shape index (κ3) is 3.35. The molecule has 0 aliphatic carbocycles. The standard InChI is InChI=1S/C7HBr2F3N2O/c8-5-1-4(15-7(10,11)12)6(9)3(2-13)14-5/h1H. The normalized spacial score (nSPS) is 10.9. The lowest BCUT2D eigenvalue weighted by Gasteiger charge is -2.10. The van der Waals surface area contributed by atoms with Gasteiger partial charge in [-0.15, -0.1) is 13.2 Å². The number of halogens is 5. The van der Waals surface area contributed by atoms with Crippen LogP contribution in [0.1, 0.15) is 5.69 Å². The first-order chi connectivity index (χ1) is 6.83. The molecule has 0 amide bonds. The number of hydrogen-bond donors (Lipinski definition) is 0. The Labute approximate surface area is 99.1 Å². The van der Waals surface area contributed by atoms with Crippen molar-refractivity contribution in [3.63, 3.8) is 0 Å². The van der Waals surface area contributed by atoms with Crippen LogP contribution in [0.25, 0.3) is 0 Å². The van der Waals surface area contributed by atoms with Crippen molar-refractivity contribution in [1.29, 1.82) is 5.26 Å². The van der Waals surface area contributed by atoms with Gasteiger partial charge in [0.25, 0.3) is 0 Å². The van der Waals surface area contributed by atoms with Gasteiger partial charge in [-0.3, -0.25) is 0 Å². The summed E-state index contributed by atoms with van der Waals surface area (Å²) >= 11 is 5.66. The van der Waals surface area contributed by atoms with Gasteiger partial charge in [0.1, 0.15) is 16.4 Å². The van der Waals surface area contributed by atoms with Gasteiger partial charge in [0.2, 0.25) is 0 Å². The highest BCUT2D eigenvalue weighted by Gasteiger charge is 2.32. The molecule has 1 heterocycles. The van der Waals surface area contributed by atoms with Crippen LogP contribution in [-0.2, 0) is 0 Å². The Bertz CT molecular complexity index is 427. The molecule has 0 N–H and O–H groups in total. The Morgan fingerprint density at radius 2 is 2.00 bits per heavy atom. The second kappa shape index (κ2) is 4.37. The van der Waals surface area contributed by atoms with Gasteiger partial charge in [-0.2, -0.15) is 5.26 Å². The van der Waals surface area contributed by atoms with Crippen LogP contribution in [0, 0.1) is 11.3 Å². The van der Waals surface area contributed by atoms with Crippen LogP contribution in [-0.4, -0.2) is 11.3 Å². The summed E-state index contributed by atoms with van der Waals surface area (Å²) in [7, 11) is 0. The molecule has 1 aromatic rings. The highest BCUT2D eigenvalue weighted by Crippen LogP contribution is 2.33. The van der Waals surface area contributed by atoms with Crippen molar-refractivity contribution >= 4 is 31.9 Å². The van der Waals surface area contributed by atoms with E-state index in [4.69, 9.17) is 5.26 Å². The van der Waals surface area contributed by atoms with Crippen molar-refractivity contribution in [2.45, 2.75) is 6.36 Å². The number of hydrogen-bond acceptors (Lipinski definition) is 3. The summed E-state index contributed by atoms with van der Waals surface area (Å²) in [4.78, 5) is 3.64. The third-order valence-electron chi connectivity index (χ3n) is 1.22. The first-order valence-electron chi connectivity index (χ1n) is 3.35. The van der Waals surface area contributed by atoms with E-state index in [0.717, 1.165) is 6.07 Å². The van der Waals surface area contributed by atoms with Gasteiger partial charge in [-0.25, -0.2) is 4.98 Å². The molecule has 0 unspecified atom stereocenters. The molecule has 1 rings (SSSR count). The first kappa shape index (κ1) is 12.3. The number of nitriles is 1. The highest BCUT2D eigenvalue weighted by atomic mass is 79.9. The van der Waals surface area contributed by atoms with Crippen LogP contribution >= 0.6 is 31.9 Å². The lowest BCUT2D eigenvalue weighted by atomic mass is 10.3. The monoisotopic (exact) mass is 344 g/mol. The summed E-state index contributed by atoms with van der Waals surface area (Å²) < 4.78 is 39.4. The number of aromatic nitrogens is 1. The molecular formula is C7HBr2F3N2O. The third-order valence-corrected chi connectivity index (χ3v) is 2.40. The van der Waals surface area contributed by atoms with E-state index < -0.39 is 12.1 Å². The molecule has 0 fully saturated rings. The minimum Gasteiger partial charge on any atom is -0.404 e. The van der Waals surface area contributed by atoms with Gasteiger partial charge in [-0.05, 0) is 31.9 Å².